The molecule has 0 aliphatic heterocycles. The van der Waals surface area contributed by atoms with Crippen LogP contribution in [0.25, 0.3) is 22.3 Å². The van der Waals surface area contributed by atoms with Crippen molar-refractivity contribution in [2.45, 2.75) is 32.1 Å². The molecular weight excluding hydrogens is 342 g/mol. The number of hydrogen-bond acceptors (Lipinski definition) is 2. The van der Waals surface area contributed by atoms with Gasteiger partial charge in [0.1, 0.15) is 0 Å². The molecule has 0 spiro atoms. The summed E-state index contributed by atoms with van der Waals surface area (Å²) in [6.07, 6.45) is 5.45. The van der Waals surface area contributed by atoms with Crippen LogP contribution in [-0.2, 0) is 12.8 Å². The number of benzene rings is 1. The van der Waals surface area contributed by atoms with Crippen LogP contribution in [-0.4, -0.2) is 15.2 Å². The first kappa shape index (κ1) is 13.8. The van der Waals surface area contributed by atoms with Crippen molar-refractivity contribution in [3.05, 3.63) is 50.2 Å². The van der Waals surface area contributed by atoms with Gasteiger partial charge in [0.25, 0.3) is 5.56 Å². The summed E-state index contributed by atoms with van der Waals surface area (Å²) in [5, 5.41) is 6.35. The fourth-order valence-corrected chi connectivity index (χ4v) is 3.62. The van der Waals surface area contributed by atoms with Crippen molar-refractivity contribution in [3.8, 4) is 11.3 Å². The highest BCUT2D eigenvalue weighted by Gasteiger charge is 2.20. The van der Waals surface area contributed by atoms with E-state index >= 15 is 0 Å². The molecule has 4 rings (SSSR count). The predicted molar refractivity (Wildman–Crippen MR) is 91.1 cm³/mol. The van der Waals surface area contributed by atoms with Crippen LogP contribution in [0.2, 0.25) is 0 Å². The van der Waals surface area contributed by atoms with Crippen LogP contribution >= 0.6 is 15.9 Å². The number of aromatic amines is 2. The van der Waals surface area contributed by atoms with Gasteiger partial charge in [-0.05, 0) is 48.9 Å². The third kappa shape index (κ3) is 2.20. The molecule has 2 N–H and O–H groups in total. The summed E-state index contributed by atoms with van der Waals surface area (Å²) in [6, 6.07) is 8.22. The second-order valence-corrected chi connectivity index (χ2v) is 6.70. The fraction of sp³-hybridized carbons (Fsp3) is 0.294. The summed E-state index contributed by atoms with van der Waals surface area (Å²) in [6.45, 7) is 0. The second kappa shape index (κ2) is 5.39. The summed E-state index contributed by atoms with van der Waals surface area (Å²) < 4.78 is 1.05. The largest absolute Gasteiger partial charge is 0.281 e. The van der Waals surface area contributed by atoms with Crippen molar-refractivity contribution in [3.63, 3.8) is 0 Å². The molecule has 112 valence electrons. The van der Waals surface area contributed by atoms with Crippen LogP contribution in [0.5, 0.6) is 0 Å². The van der Waals surface area contributed by atoms with Gasteiger partial charge in [-0.15, -0.1) is 0 Å². The Kier molecular flexibility index (Phi) is 3.37. The normalized spacial score (nSPS) is 14.8. The van der Waals surface area contributed by atoms with Gasteiger partial charge in [0.15, 0.2) is 5.65 Å². The number of pyridine rings is 1. The smallest absolute Gasteiger partial charge is 0.273 e. The molecule has 0 saturated carbocycles. The SMILES string of the molecule is O=c1[nH][nH]c2nc(-c3ccc(Br)cc3)c3c(c12)CCCCC3. The van der Waals surface area contributed by atoms with Crippen LogP contribution in [0.15, 0.2) is 33.5 Å². The quantitative estimate of drug-likeness (QED) is 0.647. The molecule has 0 fully saturated rings. The van der Waals surface area contributed by atoms with E-state index < -0.39 is 0 Å². The Morgan fingerprint density at radius 1 is 0.955 bits per heavy atom. The first-order valence-corrected chi connectivity index (χ1v) is 8.41. The molecule has 0 saturated heterocycles. The molecule has 1 aliphatic rings. The van der Waals surface area contributed by atoms with Crippen molar-refractivity contribution in [2.24, 2.45) is 0 Å². The molecule has 1 aliphatic carbocycles. The molecule has 0 atom stereocenters. The van der Waals surface area contributed by atoms with E-state index in [4.69, 9.17) is 4.98 Å². The van der Waals surface area contributed by atoms with Gasteiger partial charge in [-0.25, -0.2) is 4.98 Å². The molecule has 3 aromatic rings. The molecule has 0 amide bonds. The lowest BCUT2D eigenvalue weighted by Crippen LogP contribution is -2.06. The molecule has 1 aromatic carbocycles. The summed E-state index contributed by atoms with van der Waals surface area (Å²) in [5.74, 6) is 0. The van der Waals surface area contributed by atoms with Gasteiger partial charge in [0.2, 0.25) is 0 Å². The molecule has 0 unspecified atom stereocenters. The van der Waals surface area contributed by atoms with E-state index in [9.17, 15) is 4.79 Å². The molecule has 4 nitrogen and oxygen atoms in total. The Labute approximate surface area is 136 Å². The summed E-state index contributed by atoms with van der Waals surface area (Å²) in [4.78, 5) is 16.9. The van der Waals surface area contributed by atoms with Gasteiger partial charge in [-0.2, -0.15) is 0 Å². The van der Waals surface area contributed by atoms with Crippen molar-refractivity contribution in [2.75, 3.05) is 0 Å². The van der Waals surface area contributed by atoms with E-state index in [0.29, 0.717) is 5.65 Å². The van der Waals surface area contributed by atoms with Gasteiger partial charge in [0.05, 0.1) is 11.1 Å². The molecule has 0 bridgehead atoms. The van der Waals surface area contributed by atoms with E-state index in [1.165, 1.54) is 17.5 Å². The number of H-pyrrole nitrogens is 2. The minimum absolute atomic E-state index is 0.0528. The molecule has 5 heteroatoms. The molecule has 2 heterocycles. The van der Waals surface area contributed by atoms with Gasteiger partial charge in [-0.1, -0.05) is 34.5 Å². The third-order valence-electron chi connectivity index (χ3n) is 4.41. The van der Waals surface area contributed by atoms with E-state index in [1.54, 1.807) is 0 Å². The van der Waals surface area contributed by atoms with Gasteiger partial charge >= 0.3 is 0 Å². The molecular formula is C17H16BrN3O. The summed E-state index contributed by atoms with van der Waals surface area (Å²) in [7, 11) is 0. The molecule has 22 heavy (non-hydrogen) atoms. The van der Waals surface area contributed by atoms with Gasteiger partial charge in [-0.3, -0.25) is 15.0 Å². The number of nitrogens with zero attached hydrogens (tertiary/aromatic N) is 1. The Morgan fingerprint density at radius 3 is 2.45 bits per heavy atom. The molecule has 0 radical (unpaired) electrons. The van der Waals surface area contributed by atoms with Crippen molar-refractivity contribution in [1.82, 2.24) is 15.2 Å². The second-order valence-electron chi connectivity index (χ2n) is 5.79. The first-order valence-electron chi connectivity index (χ1n) is 7.62. The minimum Gasteiger partial charge on any atom is -0.281 e. The number of rotatable bonds is 1. The van der Waals surface area contributed by atoms with E-state index in [1.807, 2.05) is 12.1 Å². The zero-order valence-corrected chi connectivity index (χ0v) is 13.7. The van der Waals surface area contributed by atoms with Crippen molar-refractivity contribution >= 4 is 27.0 Å². The maximum atomic E-state index is 12.1. The number of aromatic nitrogens is 3. The lowest BCUT2D eigenvalue weighted by Gasteiger charge is -2.12. The van der Waals surface area contributed by atoms with Crippen molar-refractivity contribution < 1.29 is 0 Å². The maximum Gasteiger partial charge on any atom is 0.273 e. The van der Waals surface area contributed by atoms with Crippen molar-refractivity contribution in [1.29, 1.82) is 0 Å². The third-order valence-corrected chi connectivity index (χ3v) is 4.93. The topological polar surface area (TPSA) is 61.5 Å². The Balaban J connectivity index is 2.04. The Hall–Kier alpha value is -1.88. The van der Waals surface area contributed by atoms with E-state index in [-0.39, 0.29) is 5.56 Å². The predicted octanol–water partition coefficient (Wildman–Crippen LogP) is 3.95. The number of hydrogen-bond donors (Lipinski definition) is 2. The fourth-order valence-electron chi connectivity index (χ4n) is 3.36. The highest BCUT2D eigenvalue weighted by atomic mass is 79.9. The number of aryl methyl sites for hydroxylation is 1. The van der Waals surface area contributed by atoms with Crippen LogP contribution in [0, 0.1) is 0 Å². The average molecular weight is 358 g/mol. The lowest BCUT2D eigenvalue weighted by atomic mass is 9.95. The number of halogens is 1. The van der Waals surface area contributed by atoms with Gasteiger partial charge < -0.3 is 0 Å². The highest BCUT2D eigenvalue weighted by molar-refractivity contribution is 9.10. The highest BCUT2D eigenvalue weighted by Crippen LogP contribution is 2.33. The first-order chi connectivity index (χ1) is 10.7. The summed E-state index contributed by atoms with van der Waals surface area (Å²) in [5.41, 5.74) is 5.16. The zero-order chi connectivity index (χ0) is 15.1. The number of fused-ring (bicyclic) bond motifs is 3. The number of nitrogens with one attached hydrogen (secondary N) is 2. The maximum absolute atomic E-state index is 12.1. The Bertz CT molecular complexity index is 893. The van der Waals surface area contributed by atoms with Crippen LogP contribution < -0.4 is 5.56 Å². The van der Waals surface area contributed by atoms with Gasteiger partial charge in [0, 0.05) is 10.0 Å². The lowest BCUT2D eigenvalue weighted by molar-refractivity contribution is 0.712. The van der Waals surface area contributed by atoms with Crippen LogP contribution in [0.1, 0.15) is 30.4 Å². The van der Waals surface area contributed by atoms with Crippen LogP contribution in [0.3, 0.4) is 0 Å². The monoisotopic (exact) mass is 357 g/mol. The van der Waals surface area contributed by atoms with Crippen LogP contribution in [0.4, 0.5) is 0 Å². The average Bonchev–Trinajstić information content (AvgIpc) is 2.74. The minimum atomic E-state index is -0.0528. The van der Waals surface area contributed by atoms with E-state index in [2.05, 4.69) is 38.3 Å². The van der Waals surface area contributed by atoms with E-state index in [0.717, 1.165) is 46.8 Å². The Morgan fingerprint density at radius 2 is 1.68 bits per heavy atom. The standard InChI is InChI=1S/C17H16BrN3O/c18-11-8-6-10(7-9-11)15-13-5-3-1-2-4-12(13)14-16(19-15)20-21-17(14)22/h6-9H,1-5H2,(H2,19,20,21,22). The zero-order valence-electron chi connectivity index (χ0n) is 12.1. The molecule has 2 aromatic heterocycles. The summed E-state index contributed by atoms with van der Waals surface area (Å²) >= 11 is 3.48.